The van der Waals surface area contributed by atoms with Crippen LogP contribution in [0.3, 0.4) is 0 Å². The van der Waals surface area contributed by atoms with Gasteiger partial charge in [-0.05, 0) is 66.7 Å². The molecule has 0 radical (unpaired) electrons. The molecule has 9 heteroatoms. The van der Waals surface area contributed by atoms with Crippen molar-refractivity contribution in [3.05, 3.63) is 35.2 Å². The van der Waals surface area contributed by atoms with E-state index in [0.717, 1.165) is 17.0 Å². The summed E-state index contributed by atoms with van der Waals surface area (Å²) in [6.45, 7) is 15.4. The number of rotatable bonds is 12. The van der Waals surface area contributed by atoms with Crippen molar-refractivity contribution in [3.63, 3.8) is 0 Å². The minimum atomic E-state index is 0.0306. The van der Waals surface area contributed by atoms with Crippen molar-refractivity contribution in [3.8, 4) is 28.7 Å². The molecule has 8 nitrogen and oxygen atoms in total. The maximum atomic E-state index is 12.9. The summed E-state index contributed by atoms with van der Waals surface area (Å²) in [7, 11) is 0. The number of aryl methyl sites for hydroxylation is 1. The van der Waals surface area contributed by atoms with Crippen LogP contribution in [0.1, 0.15) is 62.4 Å². The van der Waals surface area contributed by atoms with Gasteiger partial charge in [0.2, 0.25) is 11.6 Å². The number of carbonyl (C=O) groups is 1. The van der Waals surface area contributed by atoms with Crippen LogP contribution in [0.15, 0.2) is 27.8 Å². The van der Waals surface area contributed by atoms with E-state index in [9.17, 15) is 4.79 Å². The molecule has 0 unspecified atom stereocenters. The van der Waals surface area contributed by atoms with Crippen LogP contribution in [-0.4, -0.2) is 46.1 Å². The number of aromatic nitrogens is 3. The lowest BCUT2D eigenvalue weighted by molar-refractivity contribution is 0.102. The molecule has 0 aliphatic heterocycles. The third-order valence-corrected chi connectivity index (χ3v) is 6.01. The average molecular weight is 488 g/mol. The van der Waals surface area contributed by atoms with Gasteiger partial charge in [0.15, 0.2) is 17.3 Å². The summed E-state index contributed by atoms with van der Waals surface area (Å²) >= 11 is 1.23. The van der Waals surface area contributed by atoms with Crippen LogP contribution in [0.2, 0.25) is 0 Å². The van der Waals surface area contributed by atoms with Gasteiger partial charge in [-0.3, -0.25) is 4.79 Å². The van der Waals surface area contributed by atoms with Gasteiger partial charge in [0.05, 0.1) is 25.6 Å². The second kappa shape index (κ2) is 11.5. The molecule has 34 heavy (non-hydrogen) atoms. The van der Waals surface area contributed by atoms with Crippen molar-refractivity contribution in [2.24, 2.45) is 0 Å². The van der Waals surface area contributed by atoms with E-state index in [4.69, 9.17) is 18.6 Å². The van der Waals surface area contributed by atoms with Gasteiger partial charge >= 0.3 is 0 Å². The van der Waals surface area contributed by atoms with E-state index in [-0.39, 0.29) is 11.5 Å². The van der Waals surface area contributed by atoms with Crippen LogP contribution in [0, 0.1) is 13.8 Å². The van der Waals surface area contributed by atoms with Crippen LogP contribution in [0.4, 0.5) is 0 Å². The predicted molar refractivity (Wildman–Crippen MR) is 133 cm³/mol. The zero-order valence-electron chi connectivity index (χ0n) is 20.9. The average Bonchev–Trinajstić information content (AvgIpc) is 3.38. The summed E-state index contributed by atoms with van der Waals surface area (Å²) in [4.78, 5) is 12.9. The highest BCUT2D eigenvalue weighted by molar-refractivity contribution is 7.99. The summed E-state index contributed by atoms with van der Waals surface area (Å²) in [5.41, 5.74) is 3.44. The van der Waals surface area contributed by atoms with Gasteiger partial charge in [0.25, 0.3) is 5.22 Å². The highest BCUT2D eigenvalue weighted by atomic mass is 32.2. The second-order valence-electron chi connectivity index (χ2n) is 7.93. The quantitative estimate of drug-likeness (QED) is 0.230. The smallest absolute Gasteiger partial charge is 0.277 e. The van der Waals surface area contributed by atoms with Crippen LogP contribution in [0.5, 0.6) is 17.2 Å². The van der Waals surface area contributed by atoms with Gasteiger partial charge < -0.3 is 23.2 Å². The molecule has 0 saturated heterocycles. The Hall–Kier alpha value is -2.94. The van der Waals surface area contributed by atoms with Gasteiger partial charge in [-0.2, -0.15) is 0 Å². The molecule has 3 aromatic rings. The molecular weight excluding hydrogens is 454 g/mol. The minimum Gasteiger partial charge on any atom is -0.490 e. The van der Waals surface area contributed by atoms with Crippen molar-refractivity contribution < 1.29 is 23.4 Å². The Kier molecular flexibility index (Phi) is 8.66. The van der Waals surface area contributed by atoms with Crippen LogP contribution < -0.4 is 14.2 Å². The highest BCUT2D eigenvalue weighted by Gasteiger charge is 2.21. The molecule has 184 valence electrons. The van der Waals surface area contributed by atoms with E-state index in [1.165, 1.54) is 11.8 Å². The Bertz CT molecular complexity index is 1110. The molecule has 1 aromatic carbocycles. The summed E-state index contributed by atoms with van der Waals surface area (Å²) in [6, 6.07) is 5.84. The van der Waals surface area contributed by atoms with Crippen LogP contribution in [0.25, 0.3) is 11.5 Å². The second-order valence-corrected chi connectivity index (χ2v) is 8.86. The summed E-state index contributed by atoms with van der Waals surface area (Å²) in [6.07, 6.45) is 0. The molecule has 0 spiro atoms. The Labute approximate surface area is 205 Å². The fraction of sp³-hybridized carbons (Fsp3) is 0.480. The predicted octanol–water partition coefficient (Wildman–Crippen LogP) is 5.91. The molecule has 0 aliphatic rings. The Balaban J connectivity index is 1.80. The molecule has 0 aliphatic carbocycles. The highest BCUT2D eigenvalue weighted by Crippen LogP contribution is 2.42. The molecule has 0 saturated carbocycles. The van der Waals surface area contributed by atoms with Crippen molar-refractivity contribution in [2.75, 3.05) is 25.6 Å². The van der Waals surface area contributed by atoms with Crippen LogP contribution in [-0.2, 0) is 0 Å². The van der Waals surface area contributed by atoms with Crippen molar-refractivity contribution in [1.29, 1.82) is 0 Å². The molecule has 3 rings (SSSR count). The Morgan fingerprint density at radius 2 is 1.62 bits per heavy atom. The molecule has 2 heterocycles. The van der Waals surface area contributed by atoms with E-state index in [0.29, 0.717) is 59.8 Å². The first-order valence-corrected chi connectivity index (χ1v) is 12.5. The van der Waals surface area contributed by atoms with Gasteiger partial charge in [-0.25, -0.2) is 0 Å². The first kappa shape index (κ1) is 25.7. The normalized spacial score (nSPS) is 11.2. The van der Waals surface area contributed by atoms with Gasteiger partial charge in [-0.15, -0.1) is 10.2 Å². The Morgan fingerprint density at radius 3 is 2.15 bits per heavy atom. The number of nitrogens with zero attached hydrogens (tertiary/aromatic N) is 3. The third-order valence-electron chi connectivity index (χ3n) is 5.19. The molecular formula is C25H33N3O5S. The zero-order valence-corrected chi connectivity index (χ0v) is 21.7. The fourth-order valence-electron chi connectivity index (χ4n) is 3.96. The van der Waals surface area contributed by atoms with E-state index < -0.39 is 0 Å². The monoisotopic (exact) mass is 487 g/mol. The number of benzene rings is 1. The Morgan fingerprint density at radius 1 is 1.00 bits per heavy atom. The van der Waals surface area contributed by atoms with Gasteiger partial charge in [-0.1, -0.05) is 11.8 Å². The first-order valence-electron chi connectivity index (χ1n) is 11.5. The lowest BCUT2D eigenvalue weighted by Gasteiger charge is -2.16. The number of hydrogen-bond donors (Lipinski definition) is 0. The van der Waals surface area contributed by atoms with Crippen molar-refractivity contribution in [1.82, 2.24) is 14.8 Å². The summed E-state index contributed by atoms with van der Waals surface area (Å²) < 4.78 is 25.3. The molecule has 2 aromatic heterocycles. The maximum Gasteiger partial charge on any atom is 0.277 e. The van der Waals surface area contributed by atoms with E-state index in [1.807, 2.05) is 40.7 Å². The van der Waals surface area contributed by atoms with Gasteiger partial charge in [0.1, 0.15) is 0 Å². The third kappa shape index (κ3) is 5.58. The molecule has 0 atom stereocenters. The topological polar surface area (TPSA) is 88.6 Å². The summed E-state index contributed by atoms with van der Waals surface area (Å²) in [5.74, 6) is 2.21. The SMILES string of the molecule is CCOc1cc(-c2nnc(SCC(=O)c3cc(C)n(C(C)C)c3C)o2)cc(OCC)c1OCC. The zero-order chi connectivity index (χ0) is 24.8. The number of ether oxygens (including phenoxy) is 3. The number of thioether (sulfide) groups is 1. The van der Waals surface area contributed by atoms with Gasteiger partial charge in [0, 0.05) is 28.6 Å². The maximum absolute atomic E-state index is 12.9. The van der Waals surface area contributed by atoms with Crippen molar-refractivity contribution >= 4 is 17.5 Å². The number of carbonyl (C=O) groups excluding carboxylic acids is 1. The minimum absolute atomic E-state index is 0.0306. The lowest BCUT2D eigenvalue weighted by atomic mass is 10.2. The largest absolute Gasteiger partial charge is 0.490 e. The fourth-order valence-corrected chi connectivity index (χ4v) is 4.60. The molecule has 0 bridgehead atoms. The molecule has 0 amide bonds. The van der Waals surface area contributed by atoms with E-state index in [1.54, 1.807) is 12.1 Å². The standard InChI is InChI=1S/C25H33N3O5S/c1-8-30-21-12-18(13-22(31-9-2)23(21)32-10-3)24-26-27-25(33-24)34-14-20(29)19-11-16(6)28(15(4)5)17(19)7/h11-13,15H,8-10,14H2,1-7H3. The van der Waals surface area contributed by atoms with E-state index >= 15 is 0 Å². The van der Waals surface area contributed by atoms with Crippen LogP contribution >= 0.6 is 11.8 Å². The van der Waals surface area contributed by atoms with Crippen molar-refractivity contribution in [2.45, 2.75) is 59.7 Å². The molecule has 0 fully saturated rings. The number of ketones is 1. The number of hydrogen-bond acceptors (Lipinski definition) is 8. The first-order chi connectivity index (χ1) is 16.3. The van der Waals surface area contributed by atoms with E-state index in [2.05, 4.69) is 28.6 Å². The summed E-state index contributed by atoms with van der Waals surface area (Å²) in [5, 5.41) is 8.61. The molecule has 0 N–H and O–H groups in total. The number of Topliss-reactive ketones (excluding diaryl/α,β-unsaturated/α-hetero) is 1. The lowest BCUT2D eigenvalue weighted by Crippen LogP contribution is -2.08.